The SMILES string of the molecule is CCC(=O)[C@H](C)[C@H](O)c1ccc([N+](=O)[O-])cc1. The van der Waals surface area contributed by atoms with Crippen LogP contribution in [0.15, 0.2) is 24.3 Å². The molecule has 0 radical (unpaired) electrons. The Kier molecular flexibility index (Phi) is 4.34. The summed E-state index contributed by atoms with van der Waals surface area (Å²) in [6, 6.07) is 5.59. The van der Waals surface area contributed by atoms with Crippen molar-refractivity contribution < 1.29 is 14.8 Å². The first-order valence-electron chi connectivity index (χ1n) is 5.42. The lowest BCUT2D eigenvalue weighted by Gasteiger charge is -2.17. The summed E-state index contributed by atoms with van der Waals surface area (Å²) in [6.07, 6.45) is -0.547. The minimum absolute atomic E-state index is 0.0316. The molecule has 2 atom stereocenters. The van der Waals surface area contributed by atoms with Gasteiger partial charge < -0.3 is 5.11 Å². The third-order valence-corrected chi connectivity index (χ3v) is 2.78. The number of nitro benzene ring substituents is 1. The standard InChI is InChI=1S/C12H15NO4/c1-3-11(14)8(2)12(15)9-4-6-10(7-5-9)13(16)17/h4-8,12,15H,3H2,1-2H3/t8-,12-/m0/s1. The molecular formula is C12H15NO4. The number of carbonyl (C=O) groups is 1. The monoisotopic (exact) mass is 237 g/mol. The van der Waals surface area contributed by atoms with Gasteiger partial charge in [0.15, 0.2) is 0 Å². The Labute approximate surface area is 99.2 Å². The normalized spacial score (nSPS) is 14.1. The highest BCUT2D eigenvalue weighted by atomic mass is 16.6. The molecule has 17 heavy (non-hydrogen) atoms. The van der Waals surface area contributed by atoms with Gasteiger partial charge in [0.2, 0.25) is 0 Å². The first kappa shape index (κ1) is 13.3. The maximum absolute atomic E-state index is 11.4. The average Bonchev–Trinajstić information content (AvgIpc) is 2.36. The van der Waals surface area contributed by atoms with Crippen LogP contribution in [-0.2, 0) is 4.79 Å². The molecule has 0 aliphatic carbocycles. The smallest absolute Gasteiger partial charge is 0.269 e. The van der Waals surface area contributed by atoms with Crippen molar-refractivity contribution in [1.82, 2.24) is 0 Å². The zero-order chi connectivity index (χ0) is 13.0. The Morgan fingerprint density at radius 3 is 2.35 bits per heavy atom. The van der Waals surface area contributed by atoms with E-state index >= 15 is 0 Å². The highest BCUT2D eigenvalue weighted by Crippen LogP contribution is 2.25. The molecule has 0 unspecified atom stereocenters. The summed E-state index contributed by atoms with van der Waals surface area (Å²) in [4.78, 5) is 21.4. The summed E-state index contributed by atoms with van der Waals surface area (Å²) in [5.74, 6) is -0.530. The molecule has 0 saturated heterocycles. The fraction of sp³-hybridized carbons (Fsp3) is 0.417. The summed E-state index contributed by atoms with van der Waals surface area (Å²) in [7, 11) is 0. The molecule has 0 aliphatic heterocycles. The van der Waals surface area contributed by atoms with E-state index in [0.717, 1.165) is 0 Å². The van der Waals surface area contributed by atoms with Crippen molar-refractivity contribution in [3.8, 4) is 0 Å². The van der Waals surface area contributed by atoms with Crippen LogP contribution in [-0.4, -0.2) is 15.8 Å². The summed E-state index contributed by atoms with van der Waals surface area (Å²) >= 11 is 0. The van der Waals surface area contributed by atoms with Crippen LogP contribution in [0.2, 0.25) is 0 Å². The predicted molar refractivity (Wildman–Crippen MR) is 62.5 cm³/mol. The van der Waals surface area contributed by atoms with E-state index in [-0.39, 0.29) is 11.5 Å². The van der Waals surface area contributed by atoms with E-state index in [4.69, 9.17) is 0 Å². The minimum atomic E-state index is -0.914. The molecule has 1 aromatic rings. The first-order valence-corrected chi connectivity index (χ1v) is 5.42. The Hall–Kier alpha value is -1.75. The molecular weight excluding hydrogens is 222 g/mol. The van der Waals surface area contributed by atoms with Crippen LogP contribution in [0.3, 0.4) is 0 Å². The molecule has 0 aliphatic rings. The Bertz CT molecular complexity index is 413. The molecule has 5 nitrogen and oxygen atoms in total. The minimum Gasteiger partial charge on any atom is -0.388 e. The number of benzene rings is 1. The van der Waals surface area contributed by atoms with Gasteiger partial charge in [0.25, 0.3) is 5.69 Å². The molecule has 0 spiro atoms. The van der Waals surface area contributed by atoms with Gasteiger partial charge in [-0.15, -0.1) is 0 Å². The third-order valence-electron chi connectivity index (χ3n) is 2.78. The molecule has 0 fully saturated rings. The van der Waals surface area contributed by atoms with E-state index in [0.29, 0.717) is 12.0 Å². The van der Waals surface area contributed by atoms with Crippen molar-refractivity contribution in [2.45, 2.75) is 26.4 Å². The number of rotatable bonds is 5. The van der Waals surface area contributed by atoms with Crippen molar-refractivity contribution in [3.05, 3.63) is 39.9 Å². The predicted octanol–water partition coefficient (Wildman–Crippen LogP) is 2.24. The topological polar surface area (TPSA) is 80.4 Å². The number of non-ortho nitro benzene ring substituents is 1. The fourth-order valence-corrected chi connectivity index (χ4v) is 1.58. The second-order valence-electron chi connectivity index (χ2n) is 3.90. The fourth-order valence-electron chi connectivity index (χ4n) is 1.58. The molecule has 0 aromatic heterocycles. The van der Waals surface area contributed by atoms with Gasteiger partial charge in [-0.3, -0.25) is 14.9 Å². The summed E-state index contributed by atoms with van der Waals surface area (Å²) < 4.78 is 0. The van der Waals surface area contributed by atoms with Gasteiger partial charge in [-0.2, -0.15) is 0 Å². The van der Waals surface area contributed by atoms with Crippen LogP contribution < -0.4 is 0 Å². The van der Waals surface area contributed by atoms with Crippen molar-refractivity contribution in [1.29, 1.82) is 0 Å². The van der Waals surface area contributed by atoms with Crippen LogP contribution in [0.4, 0.5) is 5.69 Å². The third kappa shape index (κ3) is 3.10. The van der Waals surface area contributed by atoms with Crippen LogP contribution in [0, 0.1) is 16.0 Å². The van der Waals surface area contributed by atoms with Crippen molar-refractivity contribution in [2.24, 2.45) is 5.92 Å². The van der Waals surface area contributed by atoms with Crippen LogP contribution in [0.25, 0.3) is 0 Å². The Balaban J connectivity index is 2.86. The van der Waals surface area contributed by atoms with E-state index in [1.54, 1.807) is 13.8 Å². The zero-order valence-electron chi connectivity index (χ0n) is 9.79. The molecule has 0 saturated carbocycles. The van der Waals surface area contributed by atoms with Crippen LogP contribution in [0.5, 0.6) is 0 Å². The van der Waals surface area contributed by atoms with Gasteiger partial charge in [0.05, 0.1) is 11.0 Å². The van der Waals surface area contributed by atoms with E-state index < -0.39 is 16.9 Å². The number of Topliss-reactive ketones (excluding diaryl/α,β-unsaturated/α-hetero) is 1. The van der Waals surface area contributed by atoms with Gasteiger partial charge in [-0.1, -0.05) is 13.8 Å². The maximum atomic E-state index is 11.4. The summed E-state index contributed by atoms with van der Waals surface area (Å²) in [6.45, 7) is 3.39. The summed E-state index contributed by atoms with van der Waals surface area (Å²) in [5, 5.41) is 20.4. The van der Waals surface area contributed by atoms with Crippen LogP contribution in [0.1, 0.15) is 31.9 Å². The lowest BCUT2D eigenvalue weighted by molar-refractivity contribution is -0.384. The second kappa shape index (κ2) is 5.54. The van der Waals surface area contributed by atoms with Crippen molar-refractivity contribution in [3.63, 3.8) is 0 Å². The van der Waals surface area contributed by atoms with E-state index in [1.165, 1.54) is 24.3 Å². The van der Waals surface area contributed by atoms with Gasteiger partial charge in [0.1, 0.15) is 5.78 Å². The molecule has 0 bridgehead atoms. The van der Waals surface area contributed by atoms with Crippen molar-refractivity contribution >= 4 is 11.5 Å². The second-order valence-corrected chi connectivity index (χ2v) is 3.90. The molecule has 1 rings (SSSR count). The van der Waals surface area contributed by atoms with Crippen LogP contribution >= 0.6 is 0 Å². The number of hydrogen-bond donors (Lipinski definition) is 1. The number of hydrogen-bond acceptors (Lipinski definition) is 4. The highest BCUT2D eigenvalue weighted by Gasteiger charge is 2.22. The van der Waals surface area contributed by atoms with Crippen molar-refractivity contribution in [2.75, 3.05) is 0 Å². The first-order chi connectivity index (χ1) is 7.97. The van der Waals surface area contributed by atoms with Gasteiger partial charge in [-0.05, 0) is 17.7 Å². The van der Waals surface area contributed by atoms with Gasteiger partial charge >= 0.3 is 0 Å². The van der Waals surface area contributed by atoms with E-state index in [9.17, 15) is 20.0 Å². The number of nitrogens with zero attached hydrogens (tertiary/aromatic N) is 1. The zero-order valence-corrected chi connectivity index (χ0v) is 9.79. The molecule has 92 valence electrons. The number of aliphatic hydroxyl groups excluding tert-OH is 1. The highest BCUT2D eigenvalue weighted by molar-refractivity contribution is 5.81. The maximum Gasteiger partial charge on any atom is 0.269 e. The number of carbonyl (C=O) groups excluding carboxylic acids is 1. The van der Waals surface area contributed by atoms with Gasteiger partial charge in [0, 0.05) is 24.5 Å². The van der Waals surface area contributed by atoms with E-state index in [2.05, 4.69) is 0 Å². The van der Waals surface area contributed by atoms with Gasteiger partial charge in [-0.25, -0.2) is 0 Å². The lowest BCUT2D eigenvalue weighted by atomic mass is 9.92. The molecule has 1 aromatic carbocycles. The average molecular weight is 237 g/mol. The molecule has 1 N–H and O–H groups in total. The quantitative estimate of drug-likeness (QED) is 0.629. The Morgan fingerprint density at radius 1 is 1.41 bits per heavy atom. The largest absolute Gasteiger partial charge is 0.388 e. The molecule has 5 heteroatoms. The molecule has 0 amide bonds. The number of ketones is 1. The number of nitro groups is 1. The number of aliphatic hydroxyl groups is 1. The van der Waals surface area contributed by atoms with E-state index in [1.807, 2.05) is 0 Å². The summed E-state index contributed by atoms with van der Waals surface area (Å²) in [5.41, 5.74) is 0.486. The Morgan fingerprint density at radius 2 is 1.94 bits per heavy atom. The molecule has 0 heterocycles. The lowest BCUT2D eigenvalue weighted by Crippen LogP contribution is -2.18.